The fraction of sp³-hybridized carbons (Fsp3) is 0.476. The summed E-state index contributed by atoms with van der Waals surface area (Å²) in [6, 6.07) is 12.4. The van der Waals surface area contributed by atoms with Crippen LogP contribution in [-0.2, 0) is 14.8 Å². The van der Waals surface area contributed by atoms with E-state index in [-0.39, 0.29) is 22.1 Å². The monoisotopic (exact) mass is 437 g/mol. The number of benzene rings is 1. The second-order valence-corrected chi connectivity index (χ2v) is 10.1. The number of nitrogens with zero attached hydrogens (tertiary/aromatic N) is 1. The molecule has 0 aliphatic heterocycles. The molecule has 0 fully saturated rings. The van der Waals surface area contributed by atoms with Crippen molar-refractivity contribution >= 4 is 27.3 Å². The second-order valence-electron chi connectivity index (χ2n) is 7.17. The van der Waals surface area contributed by atoms with Gasteiger partial charge in [-0.25, -0.2) is 8.42 Å². The van der Waals surface area contributed by atoms with Crippen molar-refractivity contribution in [3.8, 4) is 0 Å². The molecular weight excluding hydrogens is 406 g/mol. The van der Waals surface area contributed by atoms with Crippen LogP contribution < -0.4 is 10.0 Å². The van der Waals surface area contributed by atoms with E-state index in [2.05, 4.69) is 40.9 Å². The lowest BCUT2D eigenvalue weighted by molar-refractivity contribution is -0.123. The van der Waals surface area contributed by atoms with Crippen LogP contribution in [0.2, 0.25) is 0 Å². The Bertz CT molecular complexity index is 849. The van der Waals surface area contributed by atoms with Crippen LogP contribution in [0.4, 0.5) is 0 Å². The van der Waals surface area contributed by atoms with Gasteiger partial charge in [-0.2, -0.15) is 4.72 Å². The van der Waals surface area contributed by atoms with E-state index < -0.39 is 16.1 Å². The smallest absolute Gasteiger partial charge is 0.250 e. The lowest BCUT2D eigenvalue weighted by Gasteiger charge is -2.31. The maximum Gasteiger partial charge on any atom is 0.250 e. The molecule has 1 aromatic heterocycles. The summed E-state index contributed by atoms with van der Waals surface area (Å²) in [6.45, 7) is 9.96. The van der Waals surface area contributed by atoms with Gasteiger partial charge in [-0.05, 0) is 36.0 Å². The van der Waals surface area contributed by atoms with E-state index in [0.717, 1.165) is 30.0 Å². The first-order chi connectivity index (χ1) is 13.8. The van der Waals surface area contributed by atoms with Crippen molar-refractivity contribution in [2.75, 3.05) is 19.6 Å². The lowest BCUT2D eigenvalue weighted by Crippen LogP contribution is -2.51. The van der Waals surface area contributed by atoms with Crippen LogP contribution in [0, 0.1) is 5.92 Å². The van der Waals surface area contributed by atoms with Gasteiger partial charge in [-0.1, -0.05) is 64.1 Å². The van der Waals surface area contributed by atoms with E-state index in [4.69, 9.17) is 0 Å². The minimum absolute atomic E-state index is 0.0249. The van der Waals surface area contributed by atoms with Crippen molar-refractivity contribution in [2.45, 2.75) is 44.0 Å². The summed E-state index contributed by atoms with van der Waals surface area (Å²) >= 11 is 1.13. The number of carbonyl (C=O) groups excluding carboxylic acids is 1. The molecule has 2 atom stereocenters. The zero-order valence-electron chi connectivity index (χ0n) is 17.5. The molecule has 0 radical (unpaired) electrons. The minimum atomic E-state index is -3.73. The Kier molecular flexibility index (Phi) is 8.82. The summed E-state index contributed by atoms with van der Waals surface area (Å²) in [5.41, 5.74) is 1.12. The van der Waals surface area contributed by atoms with Crippen LogP contribution >= 0.6 is 11.3 Å². The quantitative estimate of drug-likeness (QED) is 0.566. The van der Waals surface area contributed by atoms with E-state index in [1.54, 1.807) is 11.4 Å². The molecule has 1 amide bonds. The van der Waals surface area contributed by atoms with Crippen LogP contribution in [0.3, 0.4) is 0 Å². The summed E-state index contributed by atoms with van der Waals surface area (Å²) in [4.78, 5) is 15.2. The Morgan fingerprint density at radius 1 is 1.07 bits per heavy atom. The highest BCUT2D eigenvalue weighted by molar-refractivity contribution is 7.91. The number of nitrogens with one attached hydrogen (secondary N) is 2. The number of hydrogen-bond acceptors (Lipinski definition) is 5. The Morgan fingerprint density at radius 3 is 2.24 bits per heavy atom. The van der Waals surface area contributed by atoms with Gasteiger partial charge in [-0.3, -0.25) is 9.69 Å². The number of thiophene rings is 1. The molecule has 1 heterocycles. The normalized spacial score (nSPS) is 14.1. The third-order valence-electron chi connectivity index (χ3n) is 4.90. The average Bonchev–Trinajstić information content (AvgIpc) is 3.25. The molecule has 0 bridgehead atoms. The van der Waals surface area contributed by atoms with Gasteiger partial charge in [0.1, 0.15) is 10.3 Å². The SMILES string of the molecule is CCN(CC)C(CNC(=O)C(NS(=O)(=O)c1cccs1)C(C)C)c1ccccc1. The Labute approximate surface area is 178 Å². The fourth-order valence-electron chi connectivity index (χ4n) is 3.24. The lowest BCUT2D eigenvalue weighted by atomic mass is 10.0. The van der Waals surface area contributed by atoms with Crippen molar-refractivity contribution in [1.29, 1.82) is 0 Å². The predicted molar refractivity (Wildman–Crippen MR) is 118 cm³/mol. The van der Waals surface area contributed by atoms with E-state index in [0.29, 0.717) is 6.54 Å². The van der Waals surface area contributed by atoms with Crippen molar-refractivity contribution < 1.29 is 13.2 Å². The van der Waals surface area contributed by atoms with Gasteiger partial charge in [0.05, 0.1) is 6.04 Å². The number of amides is 1. The zero-order valence-corrected chi connectivity index (χ0v) is 19.1. The van der Waals surface area contributed by atoms with Crippen LogP contribution in [0.15, 0.2) is 52.1 Å². The third kappa shape index (κ3) is 6.37. The molecule has 6 nitrogen and oxygen atoms in total. The van der Waals surface area contributed by atoms with Gasteiger partial charge >= 0.3 is 0 Å². The molecule has 0 saturated heterocycles. The molecule has 0 saturated carbocycles. The van der Waals surface area contributed by atoms with Gasteiger partial charge in [0, 0.05) is 6.54 Å². The summed E-state index contributed by atoms with van der Waals surface area (Å²) in [6.07, 6.45) is 0. The molecule has 1 aromatic carbocycles. The molecule has 2 aromatic rings. The first-order valence-electron chi connectivity index (χ1n) is 9.92. The number of rotatable bonds is 11. The van der Waals surface area contributed by atoms with Crippen LogP contribution in [0.25, 0.3) is 0 Å². The van der Waals surface area contributed by atoms with Gasteiger partial charge in [0.2, 0.25) is 5.91 Å². The molecule has 0 aliphatic rings. The van der Waals surface area contributed by atoms with E-state index in [1.165, 1.54) is 6.07 Å². The van der Waals surface area contributed by atoms with Gasteiger partial charge in [0.25, 0.3) is 10.0 Å². The van der Waals surface area contributed by atoms with Crippen molar-refractivity contribution in [1.82, 2.24) is 14.9 Å². The Balaban J connectivity index is 2.13. The summed E-state index contributed by atoms with van der Waals surface area (Å²) in [5.74, 6) is -0.499. The molecule has 160 valence electrons. The Hall–Kier alpha value is -1.74. The largest absolute Gasteiger partial charge is 0.353 e. The third-order valence-corrected chi connectivity index (χ3v) is 7.74. The van der Waals surface area contributed by atoms with E-state index in [1.807, 2.05) is 32.0 Å². The van der Waals surface area contributed by atoms with E-state index >= 15 is 0 Å². The van der Waals surface area contributed by atoms with Crippen LogP contribution in [-0.4, -0.2) is 44.9 Å². The molecule has 2 rings (SSSR count). The molecule has 0 spiro atoms. The number of carbonyl (C=O) groups is 1. The fourth-order valence-corrected chi connectivity index (χ4v) is 5.59. The first kappa shape index (κ1) is 23.5. The predicted octanol–water partition coefficient (Wildman–Crippen LogP) is 3.25. The molecule has 2 unspecified atom stereocenters. The standard InChI is InChI=1S/C21H31N3O3S2/c1-5-24(6-2)18(17-11-8-7-9-12-17)15-22-21(25)20(16(3)4)23-29(26,27)19-13-10-14-28-19/h7-14,16,18,20,23H,5-6,15H2,1-4H3,(H,22,25). The summed E-state index contributed by atoms with van der Waals surface area (Å²) < 4.78 is 28.0. The van der Waals surface area contributed by atoms with Crippen LogP contribution in [0.1, 0.15) is 39.3 Å². The first-order valence-corrected chi connectivity index (χ1v) is 12.3. The number of likely N-dealkylation sites (N-methyl/N-ethyl adjacent to an activating group) is 1. The maximum atomic E-state index is 12.9. The Morgan fingerprint density at radius 2 is 1.72 bits per heavy atom. The van der Waals surface area contributed by atoms with Crippen LogP contribution in [0.5, 0.6) is 0 Å². The second kappa shape index (κ2) is 10.9. The molecular formula is C21H31N3O3S2. The van der Waals surface area contributed by atoms with Crippen molar-refractivity contribution in [2.24, 2.45) is 5.92 Å². The minimum Gasteiger partial charge on any atom is -0.353 e. The summed E-state index contributed by atoms with van der Waals surface area (Å²) in [7, 11) is -3.73. The average molecular weight is 438 g/mol. The van der Waals surface area contributed by atoms with Gasteiger partial charge in [-0.15, -0.1) is 11.3 Å². The zero-order chi connectivity index (χ0) is 21.4. The molecule has 0 aliphatic carbocycles. The van der Waals surface area contributed by atoms with E-state index in [9.17, 15) is 13.2 Å². The van der Waals surface area contributed by atoms with Gasteiger partial charge < -0.3 is 5.32 Å². The van der Waals surface area contributed by atoms with Gasteiger partial charge in [0.15, 0.2) is 0 Å². The van der Waals surface area contributed by atoms with Crippen molar-refractivity contribution in [3.63, 3.8) is 0 Å². The highest BCUT2D eigenvalue weighted by Crippen LogP contribution is 2.20. The molecule has 8 heteroatoms. The van der Waals surface area contributed by atoms with Crippen molar-refractivity contribution in [3.05, 3.63) is 53.4 Å². The highest BCUT2D eigenvalue weighted by Gasteiger charge is 2.29. The topological polar surface area (TPSA) is 78.5 Å². The molecule has 2 N–H and O–H groups in total. The maximum absolute atomic E-state index is 12.9. The number of hydrogen-bond donors (Lipinski definition) is 2. The number of sulfonamides is 1. The molecule has 29 heavy (non-hydrogen) atoms. The highest BCUT2D eigenvalue weighted by atomic mass is 32.2. The summed E-state index contributed by atoms with van der Waals surface area (Å²) in [5, 5.41) is 4.68.